The summed E-state index contributed by atoms with van der Waals surface area (Å²) in [5, 5.41) is 12.4. The number of carbonyl (C=O) groups excluding carboxylic acids is 1. The molecule has 28 heavy (non-hydrogen) atoms. The van der Waals surface area contributed by atoms with Crippen molar-refractivity contribution in [1.82, 2.24) is 5.32 Å². The van der Waals surface area contributed by atoms with Gasteiger partial charge < -0.3 is 9.47 Å². The number of halogens is 1. The highest BCUT2D eigenvalue weighted by atomic mass is 79.9. The van der Waals surface area contributed by atoms with Crippen molar-refractivity contribution in [2.45, 2.75) is 12.6 Å². The van der Waals surface area contributed by atoms with Crippen molar-refractivity contribution in [2.24, 2.45) is 10.2 Å². The first kappa shape index (κ1) is 20.6. The van der Waals surface area contributed by atoms with E-state index in [1.165, 1.54) is 11.8 Å². The van der Waals surface area contributed by atoms with Gasteiger partial charge in [-0.15, -0.1) is 5.10 Å². The fourth-order valence-electron chi connectivity index (χ4n) is 2.62. The minimum atomic E-state index is -0.432. The number of nitrogens with zero attached hydrogens (tertiary/aromatic N) is 2. The highest BCUT2D eigenvalue weighted by Crippen LogP contribution is 2.26. The van der Waals surface area contributed by atoms with Crippen LogP contribution in [-0.2, 0) is 11.3 Å². The number of Topliss-reactive ketones (excluding diaryl/α,β-unsaturated/α-hetero) is 1. The monoisotopic (exact) mass is 461 g/mol. The topological polar surface area (TPSA) is 72.3 Å². The van der Waals surface area contributed by atoms with Crippen LogP contribution in [0.5, 0.6) is 11.5 Å². The highest BCUT2D eigenvalue weighted by molar-refractivity contribution is 9.10. The Balaban J connectivity index is 1.64. The molecule has 146 valence electrons. The summed E-state index contributed by atoms with van der Waals surface area (Å²) < 4.78 is 11.2. The lowest BCUT2D eigenvalue weighted by atomic mass is 10.2. The van der Waals surface area contributed by atoms with Crippen LogP contribution in [0.1, 0.15) is 11.1 Å². The Morgan fingerprint density at radius 3 is 2.68 bits per heavy atom. The van der Waals surface area contributed by atoms with Gasteiger partial charge in [-0.05, 0) is 63.5 Å². The molecule has 0 saturated carbocycles. The Morgan fingerprint density at radius 2 is 2.00 bits per heavy atom. The smallest absolute Gasteiger partial charge is 0.166 e. The maximum atomic E-state index is 12.2. The fourth-order valence-corrected chi connectivity index (χ4v) is 4.15. The van der Waals surface area contributed by atoms with E-state index in [0.717, 1.165) is 27.1 Å². The van der Waals surface area contributed by atoms with Gasteiger partial charge in [0, 0.05) is 6.54 Å². The molecular weight excluding hydrogens is 442 g/mol. The number of benzene rings is 2. The van der Waals surface area contributed by atoms with E-state index >= 15 is 0 Å². The van der Waals surface area contributed by atoms with E-state index in [4.69, 9.17) is 9.47 Å². The molecule has 1 N–H and O–H groups in total. The van der Waals surface area contributed by atoms with Crippen LogP contribution in [-0.4, -0.2) is 43.1 Å². The van der Waals surface area contributed by atoms with Crippen LogP contribution in [0.25, 0.3) is 0 Å². The van der Waals surface area contributed by atoms with Crippen molar-refractivity contribution in [3.05, 3.63) is 58.1 Å². The Hall–Kier alpha value is -2.16. The second-order valence-corrected chi connectivity index (χ2v) is 7.84. The molecule has 1 aliphatic heterocycles. The Morgan fingerprint density at radius 1 is 1.21 bits per heavy atom. The van der Waals surface area contributed by atoms with Gasteiger partial charge in [0.1, 0.15) is 22.6 Å². The predicted octanol–water partition coefficient (Wildman–Crippen LogP) is 3.67. The minimum Gasteiger partial charge on any atom is -0.497 e. The maximum absolute atomic E-state index is 12.2. The third kappa shape index (κ3) is 5.21. The second kappa shape index (κ2) is 9.86. The van der Waals surface area contributed by atoms with Crippen LogP contribution in [0.3, 0.4) is 0 Å². The fraction of sp³-hybridized carbons (Fsp3) is 0.250. The van der Waals surface area contributed by atoms with E-state index in [1.807, 2.05) is 42.5 Å². The zero-order chi connectivity index (χ0) is 19.9. The standard InChI is InChI=1S/C20H20BrN3O3S/c1-26-15-6-3-13(4-7-15)11-23-24-20-19(17(25)12-28-20)22-10-14-5-8-18(27-2)16(21)9-14/h3-9,11,19,22H,10,12H2,1-2H3/b23-11-,24-20-/t19-/m0/s1. The Bertz CT molecular complexity index is 900. The third-order valence-electron chi connectivity index (χ3n) is 4.14. The summed E-state index contributed by atoms with van der Waals surface area (Å²) in [6.07, 6.45) is 1.66. The van der Waals surface area contributed by atoms with Crippen molar-refractivity contribution in [1.29, 1.82) is 0 Å². The third-order valence-corrected chi connectivity index (χ3v) is 5.80. The van der Waals surface area contributed by atoms with Crippen LogP contribution in [0.2, 0.25) is 0 Å². The van der Waals surface area contributed by atoms with E-state index in [-0.39, 0.29) is 5.78 Å². The van der Waals surface area contributed by atoms with E-state index in [2.05, 4.69) is 31.4 Å². The van der Waals surface area contributed by atoms with Gasteiger partial charge >= 0.3 is 0 Å². The van der Waals surface area contributed by atoms with Gasteiger partial charge in [-0.25, -0.2) is 0 Å². The number of nitrogens with one attached hydrogen (secondary N) is 1. The van der Waals surface area contributed by atoms with Crippen molar-refractivity contribution in [3.63, 3.8) is 0 Å². The second-order valence-electron chi connectivity index (χ2n) is 5.99. The van der Waals surface area contributed by atoms with Crippen LogP contribution < -0.4 is 14.8 Å². The first-order chi connectivity index (χ1) is 13.6. The molecule has 0 spiro atoms. The maximum Gasteiger partial charge on any atom is 0.166 e. The molecule has 0 amide bonds. The molecule has 3 rings (SSSR count). The molecule has 6 nitrogen and oxygen atoms in total. The molecular formula is C20H20BrN3O3S. The zero-order valence-corrected chi connectivity index (χ0v) is 17.9. The summed E-state index contributed by atoms with van der Waals surface area (Å²) in [6, 6.07) is 12.9. The molecule has 0 aromatic heterocycles. The number of ketones is 1. The molecule has 2 aromatic rings. The number of ether oxygens (including phenoxy) is 2. The molecule has 2 aromatic carbocycles. The number of rotatable bonds is 7. The molecule has 1 fully saturated rings. The van der Waals surface area contributed by atoms with Crippen LogP contribution in [0.4, 0.5) is 0 Å². The van der Waals surface area contributed by atoms with Gasteiger partial charge in [-0.1, -0.05) is 17.8 Å². The minimum absolute atomic E-state index is 0.107. The van der Waals surface area contributed by atoms with Crippen molar-refractivity contribution in [3.8, 4) is 11.5 Å². The Kier molecular flexibility index (Phi) is 7.24. The average molecular weight is 462 g/mol. The summed E-state index contributed by atoms with van der Waals surface area (Å²) >= 11 is 4.89. The van der Waals surface area contributed by atoms with Crippen molar-refractivity contribution < 1.29 is 14.3 Å². The van der Waals surface area contributed by atoms with E-state index < -0.39 is 6.04 Å². The highest BCUT2D eigenvalue weighted by Gasteiger charge is 2.31. The summed E-state index contributed by atoms with van der Waals surface area (Å²) in [5.74, 6) is 2.07. The quantitative estimate of drug-likeness (QED) is 0.502. The van der Waals surface area contributed by atoms with Gasteiger partial charge in [0.15, 0.2) is 5.78 Å². The van der Waals surface area contributed by atoms with E-state index in [1.54, 1.807) is 20.4 Å². The molecule has 0 bridgehead atoms. The first-order valence-corrected chi connectivity index (χ1v) is 10.3. The SMILES string of the molecule is COc1ccc(/C=N\N=C2/SCC(=O)[C@@H]2NCc2ccc(OC)c(Br)c2)cc1. The zero-order valence-electron chi connectivity index (χ0n) is 15.5. The van der Waals surface area contributed by atoms with Crippen LogP contribution >= 0.6 is 27.7 Å². The summed E-state index contributed by atoms with van der Waals surface area (Å²) in [6.45, 7) is 0.542. The molecule has 0 unspecified atom stereocenters. The van der Waals surface area contributed by atoms with Crippen molar-refractivity contribution >= 4 is 44.7 Å². The number of hydrogen-bond acceptors (Lipinski definition) is 7. The number of thioether (sulfide) groups is 1. The normalized spacial score (nSPS) is 18.2. The molecule has 1 atom stereocenters. The first-order valence-electron chi connectivity index (χ1n) is 8.57. The summed E-state index contributed by atoms with van der Waals surface area (Å²) in [7, 11) is 3.25. The van der Waals surface area contributed by atoms with Crippen LogP contribution in [0.15, 0.2) is 57.1 Å². The Labute approximate surface area is 176 Å². The van der Waals surface area contributed by atoms with Gasteiger partial charge in [0.2, 0.25) is 0 Å². The van der Waals surface area contributed by atoms with Gasteiger partial charge in [0.05, 0.1) is 30.7 Å². The summed E-state index contributed by atoms with van der Waals surface area (Å²) in [5.41, 5.74) is 1.95. The largest absolute Gasteiger partial charge is 0.497 e. The lowest BCUT2D eigenvalue weighted by Crippen LogP contribution is -2.37. The average Bonchev–Trinajstić information content (AvgIpc) is 3.06. The lowest BCUT2D eigenvalue weighted by Gasteiger charge is -2.12. The van der Waals surface area contributed by atoms with Crippen molar-refractivity contribution in [2.75, 3.05) is 20.0 Å². The van der Waals surface area contributed by atoms with Crippen LogP contribution in [0, 0.1) is 0 Å². The molecule has 0 radical (unpaired) electrons. The van der Waals surface area contributed by atoms with Gasteiger partial charge in [-0.2, -0.15) is 5.10 Å². The van der Waals surface area contributed by atoms with Gasteiger partial charge in [0.25, 0.3) is 0 Å². The molecule has 1 saturated heterocycles. The number of hydrogen-bond donors (Lipinski definition) is 1. The van der Waals surface area contributed by atoms with E-state index in [0.29, 0.717) is 17.3 Å². The lowest BCUT2D eigenvalue weighted by molar-refractivity contribution is -0.116. The molecule has 8 heteroatoms. The molecule has 0 aliphatic carbocycles. The predicted molar refractivity (Wildman–Crippen MR) is 117 cm³/mol. The molecule has 1 aliphatic rings. The van der Waals surface area contributed by atoms with Gasteiger partial charge in [-0.3, -0.25) is 10.1 Å². The number of carbonyl (C=O) groups is 1. The summed E-state index contributed by atoms with van der Waals surface area (Å²) in [4.78, 5) is 12.2. The molecule has 1 heterocycles. The number of methoxy groups -OCH3 is 2. The van der Waals surface area contributed by atoms with E-state index in [9.17, 15) is 4.79 Å².